The first kappa shape index (κ1) is 20.7. The summed E-state index contributed by atoms with van der Waals surface area (Å²) in [6, 6.07) is 13.6. The average Bonchev–Trinajstić information content (AvgIpc) is 3.26. The van der Waals surface area contributed by atoms with Crippen LogP contribution in [-0.4, -0.2) is 44.4 Å². The lowest BCUT2D eigenvalue weighted by Crippen LogP contribution is -2.30. The van der Waals surface area contributed by atoms with Crippen molar-refractivity contribution in [1.82, 2.24) is 0 Å². The molecule has 0 spiro atoms. The third-order valence-corrected chi connectivity index (χ3v) is 4.57. The molecule has 3 rings (SSSR count). The Bertz CT molecular complexity index is 829. The van der Waals surface area contributed by atoms with E-state index < -0.39 is 18.0 Å². The molecule has 1 heterocycles. The predicted molar refractivity (Wildman–Crippen MR) is 107 cm³/mol. The fourth-order valence-corrected chi connectivity index (χ4v) is 2.92. The standard InChI is InChI=1S/C22H25NO6/c1-15(21(24)23-19-7-3-4-8-20(19)26-2)29-22(25)16-9-11-17(12-10-16)28-14-18-6-5-13-27-18/h3-4,7-12,15,18H,5-6,13-14H2,1-2H3,(H,23,24)/t15-,18+/m0/s1. The number of benzene rings is 2. The Kier molecular flexibility index (Phi) is 7.08. The Morgan fingerprint density at radius 2 is 1.93 bits per heavy atom. The van der Waals surface area contributed by atoms with Crippen LogP contribution in [0.3, 0.4) is 0 Å². The minimum atomic E-state index is -0.970. The Labute approximate surface area is 169 Å². The molecular formula is C22H25NO6. The highest BCUT2D eigenvalue weighted by Gasteiger charge is 2.20. The number of nitrogens with one attached hydrogen (secondary N) is 1. The van der Waals surface area contributed by atoms with Crippen LogP contribution < -0.4 is 14.8 Å². The topological polar surface area (TPSA) is 83.1 Å². The van der Waals surface area contributed by atoms with E-state index in [1.54, 1.807) is 48.5 Å². The maximum atomic E-state index is 12.3. The Balaban J connectivity index is 1.51. The summed E-state index contributed by atoms with van der Waals surface area (Å²) in [5, 5.41) is 2.70. The minimum Gasteiger partial charge on any atom is -0.495 e. The van der Waals surface area contributed by atoms with E-state index in [2.05, 4.69) is 5.32 Å². The van der Waals surface area contributed by atoms with Crippen molar-refractivity contribution in [3.63, 3.8) is 0 Å². The van der Waals surface area contributed by atoms with Crippen LogP contribution in [0.25, 0.3) is 0 Å². The van der Waals surface area contributed by atoms with E-state index in [0.717, 1.165) is 19.4 Å². The van der Waals surface area contributed by atoms with Gasteiger partial charge in [0.05, 0.1) is 24.5 Å². The van der Waals surface area contributed by atoms with Crippen molar-refractivity contribution in [2.24, 2.45) is 0 Å². The summed E-state index contributed by atoms with van der Waals surface area (Å²) < 4.78 is 21.7. The van der Waals surface area contributed by atoms with Crippen LogP contribution in [-0.2, 0) is 14.3 Å². The number of esters is 1. The number of amides is 1. The highest BCUT2D eigenvalue weighted by atomic mass is 16.5. The second kappa shape index (κ2) is 9.93. The number of hydrogen-bond donors (Lipinski definition) is 1. The molecule has 1 amide bonds. The number of para-hydroxylation sites is 2. The fraction of sp³-hybridized carbons (Fsp3) is 0.364. The molecule has 1 saturated heterocycles. The molecule has 1 aliphatic heterocycles. The van der Waals surface area contributed by atoms with Gasteiger partial charge in [-0.2, -0.15) is 0 Å². The van der Waals surface area contributed by atoms with Crippen molar-refractivity contribution in [1.29, 1.82) is 0 Å². The molecule has 1 aliphatic rings. The van der Waals surface area contributed by atoms with E-state index in [4.69, 9.17) is 18.9 Å². The van der Waals surface area contributed by atoms with Crippen molar-refractivity contribution in [3.05, 3.63) is 54.1 Å². The summed E-state index contributed by atoms with van der Waals surface area (Å²) in [5.41, 5.74) is 0.849. The van der Waals surface area contributed by atoms with Gasteiger partial charge in [0.2, 0.25) is 0 Å². The molecule has 0 aliphatic carbocycles. The molecule has 0 saturated carbocycles. The van der Waals surface area contributed by atoms with Crippen LogP contribution >= 0.6 is 0 Å². The number of carbonyl (C=O) groups excluding carboxylic acids is 2. The minimum absolute atomic E-state index is 0.127. The molecule has 2 aromatic rings. The number of ether oxygens (including phenoxy) is 4. The molecule has 29 heavy (non-hydrogen) atoms. The Morgan fingerprint density at radius 1 is 1.17 bits per heavy atom. The second-order valence-electron chi connectivity index (χ2n) is 6.71. The van der Waals surface area contributed by atoms with Gasteiger partial charge in [-0.25, -0.2) is 4.79 Å². The van der Waals surface area contributed by atoms with Gasteiger partial charge in [-0.1, -0.05) is 12.1 Å². The molecule has 0 unspecified atom stereocenters. The summed E-state index contributed by atoms with van der Waals surface area (Å²) in [5.74, 6) is 0.148. The SMILES string of the molecule is COc1ccccc1NC(=O)[C@H](C)OC(=O)c1ccc(OC[C@H]2CCCO2)cc1. The van der Waals surface area contributed by atoms with E-state index in [1.807, 2.05) is 0 Å². The number of carbonyl (C=O) groups is 2. The van der Waals surface area contributed by atoms with E-state index >= 15 is 0 Å². The number of rotatable bonds is 8. The molecule has 7 nitrogen and oxygen atoms in total. The number of methoxy groups -OCH3 is 1. The van der Waals surface area contributed by atoms with Crippen LogP contribution in [0.1, 0.15) is 30.1 Å². The van der Waals surface area contributed by atoms with Crippen LogP contribution in [0.2, 0.25) is 0 Å². The number of anilines is 1. The molecule has 7 heteroatoms. The monoisotopic (exact) mass is 399 g/mol. The zero-order valence-electron chi connectivity index (χ0n) is 16.6. The lowest BCUT2D eigenvalue weighted by atomic mass is 10.2. The molecule has 0 radical (unpaired) electrons. The summed E-state index contributed by atoms with van der Waals surface area (Å²) in [6.45, 7) is 2.79. The molecule has 1 N–H and O–H groups in total. The molecule has 0 aromatic heterocycles. The fourth-order valence-electron chi connectivity index (χ4n) is 2.92. The first-order chi connectivity index (χ1) is 14.1. The summed E-state index contributed by atoms with van der Waals surface area (Å²) in [4.78, 5) is 24.7. The van der Waals surface area contributed by atoms with Crippen molar-refractivity contribution >= 4 is 17.6 Å². The largest absolute Gasteiger partial charge is 0.495 e. The van der Waals surface area contributed by atoms with E-state index in [-0.39, 0.29) is 6.10 Å². The zero-order chi connectivity index (χ0) is 20.6. The summed E-state index contributed by atoms with van der Waals surface area (Å²) in [7, 11) is 1.52. The maximum absolute atomic E-state index is 12.3. The van der Waals surface area contributed by atoms with Gasteiger partial charge >= 0.3 is 5.97 Å². The van der Waals surface area contributed by atoms with Gasteiger partial charge in [0.25, 0.3) is 5.91 Å². The van der Waals surface area contributed by atoms with Gasteiger partial charge in [-0.3, -0.25) is 4.79 Å². The lowest BCUT2D eigenvalue weighted by molar-refractivity contribution is -0.123. The van der Waals surface area contributed by atoms with Gasteiger partial charge in [0, 0.05) is 6.61 Å². The molecule has 154 valence electrons. The van der Waals surface area contributed by atoms with Crippen LogP contribution in [0.4, 0.5) is 5.69 Å². The highest BCUT2D eigenvalue weighted by Crippen LogP contribution is 2.23. The van der Waals surface area contributed by atoms with Crippen LogP contribution in [0, 0.1) is 0 Å². The average molecular weight is 399 g/mol. The van der Waals surface area contributed by atoms with Gasteiger partial charge in [-0.05, 0) is 56.2 Å². The Morgan fingerprint density at radius 3 is 2.62 bits per heavy atom. The van der Waals surface area contributed by atoms with Gasteiger partial charge in [0.1, 0.15) is 18.1 Å². The van der Waals surface area contributed by atoms with E-state index in [1.165, 1.54) is 14.0 Å². The third-order valence-electron chi connectivity index (χ3n) is 4.57. The third kappa shape index (κ3) is 5.71. The second-order valence-corrected chi connectivity index (χ2v) is 6.71. The molecular weight excluding hydrogens is 374 g/mol. The van der Waals surface area contributed by atoms with Crippen LogP contribution in [0.15, 0.2) is 48.5 Å². The quantitative estimate of drug-likeness (QED) is 0.685. The van der Waals surface area contributed by atoms with Crippen molar-refractivity contribution in [2.75, 3.05) is 25.6 Å². The molecule has 0 bridgehead atoms. The zero-order valence-corrected chi connectivity index (χ0v) is 16.6. The first-order valence-corrected chi connectivity index (χ1v) is 9.56. The normalized spacial score (nSPS) is 16.7. The first-order valence-electron chi connectivity index (χ1n) is 9.56. The number of hydrogen-bond acceptors (Lipinski definition) is 6. The smallest absolute Gasteiger partial charge is 0.338 e. The summed E-state index contributed by atoms with van der Waals surface area (Å²) in [6.07, 6.45) is 1.21. The lowest BCUT2D eigenvalue weighted by Gasteiger charge is -2.15. The van der Waals surface area contributed by atoms with E-state index in [0.29, 0.717) is 29.4 Å². The van der Waals surface area contributed by atoms with Gasteiger partial charge in [-0.15, -0.1) is 0 Å². The van der Waals surface area contributed by atoms with E-state index in [9.17, 15) is 9.59 Å². The Hall–Kier alpha value is -3.06. The molecule has 2 atom stereocenters. The predicted octanol–water partition coefficient (Wildman–Crippen LogP) is 3.44. The van der Waals surface area contributed by atoms with Crippen molar-refractivity contribution < 1.29 is 28.5 Å². The molecule has 2 aromatic carbocycles. The van der Waals surface area contributed by atoms with Gasteiger partial charge in [0.15, 0.2) is 6.10 Å². The maximum Gasteiger partial charge on any atom is 0.338 e. The van der Waals surface area contributed by atoms with Crippen LogP contribution in [0.5, 0.6) is 11.5 Å². The molecule has 1 fully saturated rings. The highest BCUT2D eigenvalue weighted by molar-refractivity contribution is 5.98. The van der Waals surface area contributed by atoms with Gasteiger partial charge < -0.3 is 24.3 Å². The summed E-state index contributed by atoms with van der Waals surface area (Å²) >= 11 is 0. The van der Waals surface area contributed by atoms with Crippen molar-refractivity contribution in [2.45, 2.75) is 32.0 Å². The van der Waals surface area contributed by atoms with Crippen molar-refractivity contribution in [3.8, 4) is 11.5 Å².